The van der Waals surface area contributed by atoms with E-state index < -0.39 is 11.9 Å². The molecule has 0 radical (unpaired) electrons. The molecule has 1 N–H and O–H groups in total. The number of aromatic nitrogens is 2. The van der Waals surface area contributed by atoms with Gasteiger partial charge < -0.3 is 14.8 Å². The second-order valence-corrected chi connectivity index (χ2v) is 8.17. The lowest BCUT2D eigenvalue weighted by atomic mass is 10.1. The van der Waals surface area contributed by atoms with Gasteiger partial charge in [0.1, 0.15) is 10.8 Å². The average Bonchev–Trinajstić information content (AvgIpc) is 3.28. The number of amides is 1. The molecule has 0 spiro atoms. The summed E-state index contributed by atoms with van der Waals surface area (Å²) in [5, 5.41) is 7.54. The minimum absolute atomic E-state index is 0.183. The highest BCUT2D eigenvalue weighted by Gasteiger charge is 2.23. The number of nitrogens with zero attached hydrogens (tertiary/aromatic N) is 2. The summed E-state index contributed by atoms with van der Waals surface area (Å²) in [5.74, 6) is -0.0606. The first-order valence-electron chi connectivity index (χ1n) is 9.62. The maximum Gasteiger partial charge on any atom is 0.341 e. The Balaban J connectivity index is 1.71. The molecule has 158 valence electrons. The summed E-state index contributed by atoms with van der Waals surface area (Å²) in [6.45, 7) is 9.92. The van der Waals surface area contributed by atoms with Crippen molar-refractivity contribution < 1.29 is 19.1 Å². The van der Waals surface area contributed by atoms with Crippen LogP contribution in [0.15, 0.2) is 30.5 Å². The summed E-state index contributed by atoms with van der Waals surface area (Å²) in [6.07, 6.45) is 1.68. The lowest BCUT2D eigenvalue weighted by Crippen LogP contribution is -2.16. The number of hydrogen-bond acceptors (Lipinski definition) is 6. The quantitative estimate of drug-likeness (QED) is 0.555. The zero-order valence-electron chi connectivity index (χ0n) is 17.7. The Morgan fingerprint density at radius 1 is 1.17 bits per heavy atom. The van der Waals surface area contributed by atoms with Crippen LogP contribution in [0.2, 0.25) is 0 Å². The summed E-state index contributed by atoms with van der Waals surface area (Å²) >= 11 is 1.34. The van der Waals surface area contributed by atoms with Crippen molar-refractivity contribution in [3.63, 3.8) is 0 Å². The molecule has 0 bridgehead atoms. The number of rotatable bonds is 7. The summed E-state index contributed by atoms with van der Waals surface area (Å²) in [5.41, 5.74) is 3.57. The van der Waals surface area contributed by atoms with Gasteiger partial charge in [0.15, 0.2) is 12.4 Å². The largest absolute Gasteiger partial charge is 0.471 e. The van der Waals surface area contributed by atoms with Crippen molar-refractivity contribution in [2.45, 2.75) is 41.3 Å². The second kappa shape index (κ2) is 9.13. The molecule has 0 saturated carbocycles. The maximum atomic E-state index is 12.7. The molecule has 0 aliphatic rings. The standard InChI is InChI=1S/C22H25N3O4S/c1-6-28-22(27)19-15(4)16(5)30-21(19)23-20(26)17-9-10-25(24-17)12-29-18-11-13(2)7-8-14(18)3/h7-11H,6,12H2,1-5H3,(H,23,26). The van der Waals surface area contributed by atoms with Crippen LogP contribution in [0.3, 0.4) is 0 Å². The maximum absolute atomic E-state index is 12.7. The second-order valence-electron chi connectivity index (χ2n) is 6.94. The predicted molar refractivity (Wildman–Crippen MR) is 116 cm³/mol. The fourth-order valence-electron chi connectivity index (χ4n) is 2.88. The van der Waals surface area contributed by atoms with Gasteiger partial charge in [-0.05, 0) is 63.4 Å². The number of esters is 1. The summed E-state index contributed by atoms with van der Waals surface area (Å²) in [7, 11) is 0. The van der Waals surface area contributed by atoms with Gasteiger partial charge in [-0.15, -0.1) is 11.3 Å². The van der Waals surface area contributed by atoms with Gasteiger partial charge in [0, 0.05) is 11.1 Å². The number of hydrogen-bond donors (Lipinski definition) is 1. The van der Waals surface area contributed by atoms with Gasteiger partial charge in [0.2, 0.25) is 0 Å². The number of nitrogens with one attached hydrogen (secondary N) is 1. The van der Waals surface area contributed by atoms with E-state index in [1.807, 2.05) is 45.9 Å². The van der Waals surface area contributed by atoms with E-state index >= 15 is 0 Å². The van der Waals surface area contributed by atoms with Crippen LogP contribution in [0.4, 0.5) is 5.00 Å². The number of ether oxygens (including phenoxy) is 2. The summed E-state index contributed by atoms with van der Waals surface area (Å²) < 4.78 is 12.5. The van der Waals surface area contributed by atoms with Crippen molar-refractivity contribution in [1.82, 2.24) is 9.78 Å². The Hall–Kier alpha value is -3.13. The van der Waals surface area contributed by atoms with E-state index in [1.165, 1.54) is 11.3 Å². The number of anilines is 1. The molecule has 0 unspecified atom stereocenters. The van der Waals surface area contributed by atoms with Crippen molar-refractivity contribution >= 4 is 28.2 Å². The lowest BCUT2D eigenvalue weighted by Gasteiger charge is -2.10. The number of benzene rings is 1. The SMILES string of the molecule is CCOC(=O)c1c(NC(=O)c2ccn(COc3cc(C)ccc3C)n2)sc(C)c1C. The third-order valence-corrected chi connectivity index (χ3v) is 5.78. The normalized spacial score (nSPS) is 10.7. The van der Waals surface area contributed by atoms with Gasteiger partial charge in [0.05, 0.1) is 12.2 Å². The van der Waals surface area contributed by atoms with Crippen molar-refractivity contribution in [2.75, 3.05) is 11.9 Å². The Kier molecular flexibility index (Phi) is 6.56. The van der Waals surface area contributed by atoms with E-state index in [9.17, 15) is 9.59 Å². The van der Waals surface area contributed by atoms with Gasteiger partial charge in [-0.3, -0.25) is 4.79 Å². The van der Waals surface area contributed by atoms with Crippen LogP contribution in [-0.2, 0) is 11.5 Å². The molecular weight excluding hydrogens is 402 g/mol. The number of carbonyl (C=O) groups is 2. The van der Waals surface area contributed by atoms with Crippen LogP contribution in [0.25, 0.3) is 0 Å². The molecule has 8 heteroatoms. The molecule has 7 nitrogen and oxygen atoms in total. The van der Waals surface area contributed by atoms with Crippen LogP contribution in [0.5, 0.6) is 5.75 Å². The number of thiophene rings is 1. The topological polar surface area (TPSA) is 82.5 Å². The Morgan fingerprint density at radius 2 is 1.93 bits per heavy atom. The third-order valence-electron chi connectivity index (χ3n) is 4.66. The van der Waals surface area contributed by atoms with Crippen LogP contribution < -0.4 is 10.1 Å². The predicted octanol–water partition coefficient (Wildman–Crippen LogP) is 4.64. The monoisotopic (exact) mass is 427 g/mol. The molecule has 0 fully saturated rings. The third kappa shape index (κ3) is 4.71. The minimum atomic E-state index is -0.442. The average molecular weight is 428 g/mol. The van der Waals surface area contributed by atoms with Gasteiger partial charge in [-0.2, -0.15) is 5.10 Å². The van der Waals surface area contributed by atoms with Gasteiger partial charge in [-0.1, -0.05) is 12.1 Å². The van der Waals surface area contributed by atoms with E-state index in [2.05, 4.69) is 10.4 Å². The molecule has 2 heterocycles. The Labute approximate surface area is 179 Å². The zero-order valence-corrected chi connectivity index (χ0v) is 18.6. The Morgan fingerprint density at radius 3 is 2.67 bits per heavy atom. The zero-order chi connectivity index (χ0) is 21.8. The van der Waals surface area contributed by atoms with Crippen LogP contribution in [0.1, 0.15) is 49.3 Å². The summed E-state index contributed by atoms with van der Waals surface area (Å²) in [6, 6.07) is 7.60. The molecule has 1 amide bonds. The van der Waals surface area contributed by atoms with Crippen molar-refractivity contribution in [3.05, 3.63) is 63.3 Å². The van der Waals surface area contributed by atoms with Gasteiger partial charge >= 0.3 is 5.97 Å². The van der Waals surface area contributed by atoms with Crippen molar-refractivity contribution in [3.8, 4) is 5.75 Å². The first kappa shape index (κ1) is 21.6. The highest BCUT2D eigenvalue weighted by molar-refractivity contribution is 7.16. The minimum Gasteiger partial charge on any atom is -0.471 e. The van der Waals surface area contributed by atoms with E-state index in [1.54, 1.807) is 23.9 Å². The van der Waals surface area contributed by atoms with Crippen molar-refractivity contribution in [2.24, 2.45) is 0 Å². The number of carbonyl (C=O) groups excluding carboxylic acids is 2. The van der Waals surface area contributed by atoms with Gasteiger partial charge in [0.25, 0.3) is 5.91 Å². The molecular formula is C22H25N3O4S. The Bertz CT molecular complexity index is 1080. The molecule has 2 aromatic heterocycles. The van der Waals surface area contributed by atoms with Crippen LogP contribution >= 0.6 is 11.3 Å². The molecule has 0 aliphatic heterocycles. The molecule has 0 saturated heterocycles. The molecule has 30 heavy (non-hydrogen) atoms. The molecule has 3 rings (SSSR count). The first-order chi connectivity index (χ1) is 14.3. The molecule has 3 aromatic rings. The fraction of sp³-hybridized carbons (Fsp3) is 0.318. The molecule has 1 aromatic carbocycles. The summed E-state index contributed by atoms with van der Waals surface area (Å²) in [4.78, 5) is 25.9. The highest BCUT2D eigenvalue weighted by Crippen LogP contribution is 2.33. The van der Waals surface area contributed by atoms with Crippen molar-refractivity contribution in [1.29, 1.82) is 0 Å². The molecule has 0 aliphatic carbocycles. The smallest absolute Gasteiger partial charge is 0.341 e. The van der Waals surface area contributed by atoms with Gasteiger partial charge in [-0.25, -0.2) is 9.48 Å². The lowest BCUT2D eigenvalue weighted by molar-refractivity contribution is 0.0527. The van der Waals surface area contributed by atoms with E-state index in [0.717, 1.165) is 27.3 Å². The first-order valence-corrected chi connectivity index (χ1v) is 10.4. The number of aryl methyl sites for hydroxylation is 3. The van der Waals surface area contributed by atoms with E-state index in [-0.39, 0.29) is 19.0 Å². The van der Waals surface area contributed by atoms with Crippen LogP contribution in [0, 0.1) is 27.7 Å². The highest BCUT2D eigenvalue weighted by atomic mass is 32.1. The van der Waals surface area contributed by atoms with E-state index in [0.29, 0.717) is 10.6 Å². The van der Waals surface area contributed by atoms with E-state index in [4.69, 9.17) is 9.47 Å². The fourth-order valence-corrected chi connectivity index (χ4v) is 3.93. The van der Waals surface area contributed by atoms with Crippen LogP contribution in [-0.4, -0.2) is 28.3 Å². The molecule has 0 atom stereocenters.